The van der Waals surface area contributed by atoms with E-state index < -0.39 is 5.69 Å². The summed E-state index contributed by atoms with van der Waals surface area (Å²) in [6.07, 6.45) is 7.56. The van der Waals surface area contributed by atoms with Crippen molar-refractivity contribution >= 4 is 28.1 Å². The van der Waals surface area contributed by atoms with Crippen molar-refractivity contribution in [3.05, 3.63) is 78.8 Å². The van der Waals surface area contributed by atoms with Gasteiger partial charge in [0.2, 0.25) is 0 Å². The molecule has 0 amide bonds. The van der Waals surface area contributed by atoms with Crippen LogP contribution in [-0.2, 0) is 6.54 Å². The molecule has 8 nitrogen and oxygen atoms in total. The van der Waals surface area contributed by atoms with Gasteiger partial charge < -0.3 is 14.9 Å². The topological polar surface area (TPSA) is 113 Å². The number of aromatic nitrogens is 4. The van der Waals surface area contributed by atoms with E-state index in [0.29, 0.717) is 35.0 Å². The standard InChI is InChI=1S/C26H29N5O3S/c1-15(2)12-31-13-18(19-11-27-35-14-19)10-23(25(31)33)28-20-6-3-16(4-7-20)17-5-8-21-22(9-17)29-26(34)30-24(21)32/h5,8-11,13-16,20,28H,3-4,6-7,12H2,1-2H3,(H2,29,30,32,34)/t16-,20+. The molecular weight excluding hydrogens is 462 g/mol. The summed E-state index contributed by atoms with van der Waals surface area (Å²) in [6, 6.07) is 7.85. The Morgan fingerprint density at radius 1 is 1.09 bits per heavy atom. The van der Waals surface area contributed by atoms with E-state index in [0.717, 1.165) is 42.4 Å². The normalized spacial score (nSPS) is 18.3. The molecule has 0 spiro atoms. The molecule has 1 saturated carbocycles. The van der Waals surface area contributed by atoms with Crippen LogP contribution in [0.1, 0.15) is 51.0 Å². The van der Waals surface area contributed by atoms with E-state index >= 15 is 0 Å². The average Bonchev–Trinajstić information content (AvgIpc) is 3.36. The maximum absolute atomic E-state index is 13.2. The first kappa shape index (κ1) is 23.3. The molecule has 5 rings (SSSR count). The lowest BCUT2D eigenvalue weighted by atomic mass is 9.81. The first-order chi connectivity index (χ1) is 16.9. The Hall–Kier alpha value is -3.46. The van der Waals surface area contributed by atoms with Crippen LogP contribution in [0, 0.1) is 5.92 Å². The highest BCUT2D eigenvalue weighted by Gasteiger charge is 2.24. The van der Waals surface area contributed by atoms with Gasteiger partial charge in [0, 0.05) is 41.5 Å². The van der Waals surface area contributed by atoms with Gasteiger partial charge in [0.25, 0.3) is 11.1 Å². The minimum atomic E-state index is -0.490. The lowest BCUT2D eigenvalue weighted by Crippen LogP contribution is -2.31. The number of fused-ring (bicyclic) bond motifs is 1. The zero-order chi connectivity index (χ0) is 24.5. The van der Waals surface area contributed by atoms with Gasteiger partial charge in [-0.1, -0.05) is 19.9 Å². The number of nitrogens with one attached hydrogen (secondary N) is 3. The summed E-state index contributed by atoms with van der Waals surface area (Å²) in [5, 5.41) is 6.03. The van der Waals surface area contributed by atoms with Crippen molar-refractivity contribution in [2.24, 2.45) is 5.92 Å². The van der Waals surface area contributed by atoms with Crippen LogP contribution in [0.3, 0.4) is 0 Å². The number of benzene rings is 1. The van der Waals surface area contributed by atoms with Crippen molar-refractivity contribution in [3.63, 3.8) is 0 Å². The highest BCUT2D eigenvalue weighted by atomic mass is 32.1. The molecule has 3 N–H and O–H groups in total. The van der Waals surface area contributed by atoms with Crippen molar-refractivity contribution in [1.82, 2.24) is 18.9 Å². The van der Waals surface area contributed by atoms with Gasteiger partial charge in [-0.25, -0.2) is 9.17 Å². The third-order valence-corrected chi connectivity index (χ3v) is 7.32. The molecule has 4 aromatic rings. The van der Waals surface area contributed by atoms with E-state index in [9.17, 15) is 14.4 Å². The molecule has 0 atom stereocenters. The summed E-state index contributed by atoms with van der Waals surface area (Å²) >= 11 is 1.40. The van der Waals surface area contributed by atoms with Gasteiger partial charge >= 0.3 is 5.69 Å². The van der Waals surface area contributed by atoms with Crippen LogP contribution in [0.2, 0.25) is 0 Å². The smallest absolute Gasteiger partial charge is 0.326 e. The van der Waals surface area contributed by atoms with Gasteiger partial charge in [-0.2, -0.15) is 0 Å². The SMILES string of the molecule is CC(C)Cn1cc(-c2cnsc2)cc(N[C@H]2CC[C@@H](c3ccc4c(=O)[nH]c(=O)[nH]c4c3)CC2)c1=O. The van der Waals surface area contributed by atoms with Crippen LogP contribution < -0.4 is 22.1 Å². The van der Waals surface area contributed by atoms with Gasteiger partial charge in [0.05, 0.1) is 10.9 Å². The van der Waals surface area contributed by atoms with E-state index in [1.807, 2.05) is 40.5 Å². The third-order valence-electron chi connectivity index (χ3n) is 6.74. The molecule has 1 aliphatic rings. The number of hydrogen-bond acceptors (Lipinski definition) is 6. The molecule has 0 unspecified atom stereocenters. The van der Waals surface area contributed by atoms with E-state index in [-0.39, 0.29) is 17.2 Å². The zero-order valence-electron chi connectivity index (χ0n) is 19.8. The summed E-state index contributed by atoms with van der Waals surface area (Å²) in [5.74, 6) is 0.709. The predicted molar refractivity (Wildman–Crippen MR) is 140 cm³/mol. The van der Waals surface area contributed by atoms with Crippen molar-refractivity contribution in [2.45, 2.75) is 58.0 Å². The maximum Gasteiger partial charge on any atom is 0.326 e. The second-order valence-electron chi connectivity index (χ2n) is 9.81. The largest absolute Gasteiger partial charge is 0.378 e. The summed E-state index contributed by atoms with van der Waals surface area (Å²) in [5.41, 5.74) is 3.51. The molecule has 3 aromatic heterocycles. The Kier molecular flexibility index (Phi) is 6.42. The summed E-state index contributed by atoms with van der Waals surface area (Å²) in [7, 11) is 0. The number of pyridine rings is 1. The molecule has 0 radical (unpaired) electrons. The first-order valence-electron chi connectivity index (χ1n) is 12.0. The molecule has 1 aromatic carbocycles. The van der Waals surface area contributed by atoms with E-state index in [1.54, 1.807) is 6.07 Å². The van der Waals surface area contributed by atoms with E-state index in [2.05, 4.69) is 33.5 Å². The Morgan fingerprint density at radius 3 is 2.60 bits per heavy atom. The molecule has 1 aliphatic carbocycles. The van der Waals surface area contributed by atoms with Gasteiger partial charge in [-0.3, -0.25) is 14.6 Å². The molecular formula is C26H29N5O3S. The van der Waals surface area contributed by atoms with Crippen molar-refractivity contribution in [2.75, 3.05) is 5.32 Å². The average molecular weight is 492 g/mol. The number of hydrogen-bond donors (Lipinski definition) is 3. The highest BCUT2D eigenvalue weighted by Crippen LogP contribution is 2.35. The minimum Gasteiger partial charge on any atom is -0.378 e. The van der Waals surface area contributed by atoms with E-state index in [4.69, 9.17) is 0 Å². The maximum atomic E-state index is 13.2. The quantitative estimate of drug-likeness (QED) is 0.372. The van der Waals surface area contributed by atoms with Gasteiger partial charge in [-0.15, -0.1) is 0 Å². The minimum absolute atomic E-state index is 0.0106. The second kappa shape index (κ2) is 9.65. The van der Waals surface area contributed by atoms with E-state index in [1.165, 1.54) is 11.5 Å². The lowest BCUT2D eigenvalue weighted by molar-refractivity contribution is 0.412. The summed E-state index contributed by atoms with van der Waals surface area (Å²) in [6.45, 7) is 4.88. The zero-order valence-corrected chi connectivity index (χ0v) is 20.7. The first-order valence-corrected chi connectivity index (χ1v) is 12.9. The fourth-order valence-corrected chi connectivity index (χ4v) is 5.55. The molecule has 0 bridgehead atoms. The molecule has 0 saturated heterocycles. The fraction of sp³-hybridized carbons (Fsp3) is 0.385. The molecule has 182 valence electrons. The number of nitrogens with zero attached hydrogens (tertiary/aromatic N) is 2. The molecule has 35 heavy (non-hydrogen) atoms. The van der Waals surface area contributed by atoms with Crippen LogP contribution >= 0.6 is 11.5 Å². The van der Waals surface area contributed by atoms with Crippen LogP contribution in [-0.4, -0.2) is 25.0 Å². The predicted octanol–water partition coefficient (Wildman–Crippen LogP) is 4.30. The van der Waals surface area contributed by atoms with Crippen LogP contribution in [0.4, 0.5) is 5.69 Å². The Morgan fingerprint density at radius 2 is 1.89 bits per heavy atom. The van der Waals surface area contributed by atoms with Crippen molar-refractivity contribution in [3.8, 4) is 11.1 Å². The summed E-state index contributed by atoms with van der Waals surface area (Å²) in [4.78, 5) is 41.9. The van der Waals surface area contributed by atoms with Gasteiger partial charge in [0.15, 0.2) is 0 Å². The van der Waals surface area contributed by atoms with Gasteiger partial charge in [0.1, 0.15) is 5.69 Å². The second-order valence-corrected chi connectivity index (χ2v) is 10.5. The Labute approximate surface area is 206 Å². The third kappa shape index (κ3) is 5.00. The number of H-pyrrole nitrogens is 2. The van der Waals surface area contributed by atoms with Crippen molar-refractivity contribution < 1.29 is 0 Å². The van der Waals surface area contributed by atoms with Crippen LogP contribution in [0.25, 0.3) is 22.0 Å². The molecule has 0 aliphatic heterocycles. The van der Waals surface area contributed by atoms with Crippen LogP contribution in [0.5, 0.6) is 0 Å². The lowest BCUT2D eigenvalue weighted by Gasteiger charge is -2.30. The van der Waals surface area contributed by atoms with Gasteiger partial charge in [-0.05, 0) is 72.8 Å². The number of rotatable bonds is 6. The number of anilines is 1. The fourth-order valence-electron chi connectivity index (χ4n) is 5.01. The Balaban J connectivity index is 1.33. The van der Waals surface area contributed by atoms with Crippen LogP contribution in [0.15, 0.2) is 56.4 Å². The Bertz CT molecular complexity index is 1510. The molecule has 1 fully saturated rings. The van der Waals surface area contributed by atoms with Crippen molar-refractivity contribution in [1.29, 1.82) is 0 Å². The molecule has 9 heteroatoms. The molecule has 3 heterocycles. The number of aromatic amines is 2. The monoisotopic (exact) mass is 491 g/mol. The summed E-state index contributed by atoms with van der Waals surface area (Å²) < 4.78 is 6.03. The highest BCUT2D eigenvalue weighted by molar-refractivity contribution is 7.03.